The average molecular weight is 403 g/mol. The third-order valence-corrected chi connectivity index (χ3v) is 5.69. The number of aryl methyl sites for hydroxylation is 4. The van der Waals surface area contributed by atoms with Crippen molar-refractivity contribution < 1.29 is 9.90 Å². The molecule has 0 unspecified atom stereocenters. The predicted molar refractivity (Wildman–Crippen MR) is 124 cm³/mol. The van der Waals surface area contributed by atoms with Gasteiger partial charge in [-0.3, -0.25) is 4.79 Å². The second-order valence-corrected chi connectivity index (χ2v) is 8.37. The van der Waals surface area contributed by atoms with E-state index < -0.39 is 0 Å². The van der Waals surface area contributed by atoms with Gasteiger partial charge in [0.15, 0.2) is 5.78 Å². The molecule has 1 N–H and O–H groups in total. The van der Waals surface area contributed by atoms with Crippen LogP contribution in [0.5, 0.6) is 5.75 Å². The fraction of sp³-hybridized carbons (Fsp3) is 0.192. The lowest BCUT2D eigenvalue weighted by atomic mass is 9.94. The second kappa shape index (κ2) is 8.71. The van der Waals surface area contributed by atoms with Crippen LogP contribution in [0.3, 0.4) is 0 Å². The zero-order valence-electron chi connectivity index (χ0n) is 17.5. The highest BCUT2D eigenvalue weighted by atomic mass is 32.2. The molecule has 0 bridgehead atoms. The Morgan fingerprint density at radius 2 is 1.52 bits per heavy atom. The number of carbonyl (C=O) groups is 1. The minimum atomic E-state index is -0.0322. The molecule has 148 valence electrons. The molecule has 0 fully saturated rings. The maximum atomic E-state index is 13.1. The van der Waals surface area contributed by atoms with Crippen LogP contribution in [0, 0.1) is 27.7 Å². The van der Waals surface area contributed by atoms with Crippen molar-refractivity contribution in [2.45, 2.75) is 32.6 Å². The molecule has 0 aliphatic heterocycles. The first-order valence-electron chi connectivity index (χ1n) is 9.58. The number of ketones is 1. The summed E-state index contributed by atoms with van der Waals surface area (Å²) in [5.41, 5.74) is 7.57. The SMILES string of the molecule is CSc1ccc(C(=O)C=Cc2cc(C)c(O)c(C)c2)c(-c2cc(C)cc(C)c2)c1. The Hall–Kier alpha value is -2.78. The van der Waals surface area contributed by atoms with E-state index in [0.717, 1.165) is 32.7 Å². The number of hydrogen-bond acceptors (Lipinski definition) is 3. The summed E-state index contributed by atoms with van der Waals surface area (Å²) in [5.74, 6) is 0.272. The van der Waals surface area contributed by atoms with E-state index in [1.54, 1.807) is 17.8 Å². The number of carbonyl (C=O) groups excluding carboxylic acids is 1. The molecule has 0 saturated heterocycles. The largest absolute Gasteiger partial charge is 0.507 e. The fourth-order valence-corrected chi connectivity index (χ4v) is 4.02. The van der Waals surface area contributed by atoms with E-state index in [4.69, 9.17) is 0 Å². The van der Waals surface area contributed by atoms with E-state index in [-0.39, 0.29) is 5.78 Å². The van der Waals surface area contributed by atoms with E-state index in [0.29, 0.717) is 11.3 Å². The Kier molecular flexibility index (Phi) is 6.29. The summed E-state index contributed by atoms with van der Waals surface area (Å²) in [7, 11) is 0. The van der Waals surface area contributed by atoms with E-state index in [9.17, 15) is 9.90 Å². The predicted octanol–water partition coefficient (Wildman–Crippen LogP) is 6.91. The summed E-state index contributed by atoms with van der Waals surface area (Å²) in [5, 5.41) is 9.95. The van der Waals surface area contributed by atoms with Crippen molar-refractivity contribution in [2.24, 2.45) is 0 Å². The number of thioether (sulfide) groups is 1. The molecule has 0 heterocycles. The van der Waals surface area contributed by atoms with Gasteiger partial charge in [-0.2, -0.15) is 0 Å². The second-order valence-electron chi connectivity index (χ2n) is 7.49. The zero-order valence-corrected chi connectivity index (χ0v) is 18.4. The van der Waals surface area contributed by atoms with Crippen LogP contribution < -0.4 is 0 Å². The molecule has 29 heavy (non-hydrogen) atoms. The zero-order chi connectivity index (χ0) is 21.1. The summed E-state index contributed by atoms with van der Waals surface area (Å²) < 4.78 is 0. The lowest BCUT2D eigenvalue weighted by molar-refractivity contribution is 0.104. The van der Waals surface area contributed by atoms with E-state index in [1.165, 1.54) is 11.1 Å². The number of benzene rings is 3. The van der Waals surface area contributed by atoms with Crippen LogP contribution in [0.25, 0.3) is 17.2 Å². The standard InChI is InChI=1S/C26H26O2S/c1-16-10-17(2)12-21(11-16)24-15-22(29-5)7-8-23(24)25(27)9-6-20-13-18(3)26(28)19(4)14-20/h6-15,28H,1-5H3. The number of phenols is 1. The lowest BCUT2D eigenvalue weighted by Crippen LogP contribution is -1.99. The summed E-state index contributed by atoms with van der Waals surface area (Å²) in [6.07, 6.45) is 5.47. The maximum Gasteiger partial charge on any atom is 0.186 e. The molecule has 3 aromatic rings. The van der Waals surface area contributed by atoms with Crippen molar-refractivity contribution in [3.05, 3.63) is 88.0 Å². The van der Waals surface area contributed by atoms with Gasteiger partial charge in [0.25, 0.3) is 0 Å². The Morgan fingerprint density at radius 3 is 2.10 bits per heavy atom. The van der Waals surface area contributed by atoms with Crippen molar-refractivity contribution in [1.29, 1.82) is 0 Å². The van der Waals surface area contributed by atoms with E-state index in [2.05, 4.69) is 38.1 Å². The fourth-order valence-electron chi connectivity index (χ4n) is 3.58. The minimum absolute atomic E-state index is 0.0322. The van der Waals surface area contributed by atoms with Gasteiger partial charge in [-0.05, 0) is 98.2 Å². The molecule has 3 heteroatoms. The highest BCUT2D eigenvalue weighted by Crippen LogP contribution is 2.31. The van der Waals surface area contributed by atoms with Gasteiger partial charge in [-0.15, -0.1) is 11.8 Å². The van der Waals surface area contributed by atoms with Crippen molar-refractivity contribution in [3.63, 3.8) is 0 Å². The number of hydrogen-bond donors (Lipinski definition) is 1. The Balaban J connectivity index is 2.03. The number of rotatable bonds is 5. The van der Waals surface area contributed by atoms with Gasteiger partial charge in [0, 0.05) is 10.5 Å². The molecule has 0 aliphatic rings. The highest BCUT2D eigenvalue weighted by molar-refractivity contribution is 7.98. The Morgan fingerprint density at radius 1 is 0.897 bits per heavy atom. The van der Waals surface area contributed by atoms with Gasteiger partial charge < -0.3 is 5.11 Å². The summed E-state index contributed by atoms with van der Waals surface area (Å²) in [4.78, 5) is 14.2. The van der Waals surface area contributed by atoms with Crippen LogP contribution in [0.15, 0.2) is 59.5 Å². The average Bonchev–Trinajstić information content (AvgIpc) is 2.68. The molecule has 0 aliphatic carbocycles. The number of allylic oxidation sites excluding steroid dienone is 1. The first-order chi connectivity index (χ1) is 13.8. The Labute approximate surface area is 177 Å². The van der Waals surface area contributed by atoms with Gasteiger partial charge in [0.1, 0.15) is 5.75 Å². The first kappa shape index (κ1) is 20.9. The number of phenolic OH excluding ortho intramolecular Hbond substituents is 1. The molecule has 0 amide bonds. The van der Waals surface area contributed by atoms with Gasteiger partial charge in [0.2, 0.25) is 0 Å². The monoisotopic (exact) mass is 402 g/mol. The molecule has 2 nitrogen and oxygen atoms in total. The molecule has 3 aromatic carbocycles. The molecule has 0 aromatic heterocycles. The van der Waals surface area contributed by atoms with E-state index in [1.807, 2.05) is 50.4 Å². The van der Waals surface area contributed by atoms with Gasteiger partial charge >= 0.3 is 0 Å². The minimum Gasteiger partial charge on any atom is -0.507 e. The van der Waals surface area contributed by atoms with Gasteiger partial charge in [-0.1, -0.05) is 35.4 Å². The summed E-state index contributed by atoms with van der Waals surface area (Å²) in [6, 6.07) is 16.2. The van der Waals surface area contributed by atoms with Crippen molar-refractivity contribution in [3.8, 4) is 16.9 Å². The van der Waals surface area contributed by atoms with Crippen molar-refractivity contribution in [2.75, 3.05) is 6.26 Å². The maximum absolute atomic E-state index is 13.1. The Bertz CT molecular complexity index is 1070. The highest BCUT2D eigenvalue weighted by Gasteiger charge is 2.13. The van der Waals surface area contributed by atoms with Crippen LogP contribution in [0.2, 0.25) is 0 Å². The summed E-state index contributed by atoms with van der Waals surface area (Å²) in [6.45, 7) is 7.87. The molecule has 3 rings (SSSR count). The van der Waals surface area contributed by atoms with Crippen molar-refractivity contribution in [1.82, 2.24) is 0 Å². The lowest BCUT2D eigenvalue weighted by Gasteiger charge is -2.11. The smallest absolute Gasteiger partial charge is 0.186 e. The van der Waals surface area contributed by atoms with Crippen LogP contribution in [0.4, 0.5) is 0 Å². The molecule has 0 atom stereocenters. The first-order valence-corrected chi connectivity index (χ1v) is 10.8. The normalized spacial score (nSPS) is 11.2. The van der Waals surface area contributed by atoms with Crippen molar-refractivity contribution >= 4 is 23.6 Å². The van der Waals surface area contributed by atoms with Crippen LogP contribution >= 0.6 is 11.8 Å². The molecule has 0 radical (unpaired) electrons. The van der Waals surface area contributed by atoms with Crippen LogP contribution in [-0.2, 0) is 0 Å². The topological polar surface area (TPSA) is 37.3 Å². The summed E-state index contributed by atoms with van der Waals surface area (Å²) >= 11 is 1.67. The molecular weight excluding hydrogens is 376 g/mol. The molecule has 0 spiro atoms. The molecular formula is C26H26O2S. The molecule has 0 saturated carbocycles. The van der Waals surface area contributed by atoms with Crippen LogP contribution in [-0.4, -0.2) is 17.1 Å². The van der Waals surface area contributed by atoms with Gasteiger partial charge in [0.05, 0.1) is 0 Å². The number of aromatic hydroxyl groups is 1. The van der Waals surface area contributed by atoms with E-state index >= 15 is 0 Å². The van der Waals surface area contributed by atoms with Crippen LogP contribution in [0.1, 0.15) is 38.2 Å². The quantitative estimate of drug-likeness (QED) is 0.286. The van der Waals surface area contributed by atoms with Gasteiger partial charge in [-0.25, -0.2) is 0 Å². The third kappa shape index (κ3) is 4.80. The third-order valence-electron chi connectivity index (χ3n) is 4.97.